The highest BCUT2D eigenvalue weighted by Gasteiger charge is 2.30. The molecule has 1 atom stereocenters. The minimum atomic E-state index is -3.10. The minimum absolute atomic E-state index is 0.0332. The summed E-state index contributed by atoms with van der Waals surface area (Å²) in [7, 11) is 1.40. The Balaban J connectivity index is 1.32. The summed E-state index contributed by atoms with van der Waals surface area (Å²) in [5.74, 6) is 0.751. The SMILES string of the molecule is COc1cc(-c2cnc3cc(OC[C@H]4CCCN(C(=O)OC(C)(C)C)C4)ccn23)cc(OC(F)F)c1C(=O)CC1CC1. The zero-order chi connectivity index (χ0) is 30.0. The van der Waals surface area contributed by atoms with Gasteiger partial charge in [0.15, 0.2) is 5.78 Å². The highest BCUT2D eigenvalue weighted by Crippen LogP contribution is 2.40. The number of ether oxygens (including phenoxy) is 4. The third kappa shape index (κ3) is 7.11. The Bertz CT molecular complexity index is 1450. The number of carbonyl (C=O) groups is 2. The lowest BCUT2D eigenvalue weighted by molar-refractivity contribution is -0.0502. The van der Waals surface area contributed by atoms with Gasteiger partial charge in [-0.1, -0.05) is 0 Å². The number of nitrogens with zero attached hydrogens (tertiary/aromatic N) is 3. The van der Waals surface area contributed by atoms with Crippen LogP contribution < -0.4 is 14.2 Å². The zero-order valence-corrected chi connectivity index (χ0v) is 24.4. The van der Waals surface area contributed by atoms with Crippen LogP contribution in [0.15, 0.2) is 36.7 Å². The molecule has 42 heavy (non-hydrogen) atoms. The van der Waals surface area contributed by atoms with Gasteiger partial charge in [0.2, 0.25) is 0 Å². The molecule has 0 bridgehead atoms. The Morgan fingerprint density at radius 3 is 2.55 bits per heavy atom. The molecule has 3 aromatic rings. The molecule has 2 aliphatic rings. The molecule has 0 N–H and O–H groups in total. The Morgan fingerprint density at radius 1 is 1.10 bits per heavy atom. The second kappa shape index (κ2) is 12.1. The Morgan fingerprint density at radius 2 is 1.86 bits per heavy atom. The van der Waals surface area contributed by atoms with Crippen molar-refractivity contribution >= 4 is 17.5 Å². The van der Waals surface area contributed by atoms with Crippen molar-refractivity contribution in [3.05, 3.63) is 42.2 Å². The molecule has 1 aliphatic carbocycles. The summed E-state index contributed by atoms with van der Waals surface area (Å²) < 4.78 is 50.4. The van der Waals surface area contributed by atoms with Crippen molar-refractivity contribution < 1.29 is 37.3 Å². The maximum absolute atomic E-state index is 13.3. The average molecular weight is 586 g/mol. The van der Waals surface area contributed by atoms with Crippen LogP contribution in [0.25, 0.3) is 16.9 Å². The Hall–Kier alpha value is -3.89. The maximum atomic E-state index is 13.3. The van der Waals surface area contributed by atoms with Gasteiger partial charge in [-0.05, 0) is 70.6 Å². The molecule has 2 aromatic heterocycles. The summed E-state index contributed by atoms with van der Waals surface area (Å²) in [6.07, 6.45) is 7.09. The first-order valence-electron chi connectivity index (χ1n) is 14.3. The fourth-order valence-electron chi connectivity index (χ4n) is 5.22. The van der Waals surface area contributed by atoms with Gasteiger partial charge >= 0.3 is 12.7 Å². The lowest BCUT2D eigenvalue weighted by Gasteiger charge is -2.34. The zero-order valence-electron chi connectivity index (χ0n) is 24.4. The maximum Gasteiger partial charge on any atom is 0.410 e. The quantitative estimate of drug-likeness (QED) is 0.247. The smallest absolute Gasteiger partial charge is 0.410 e. The monoisotopic (exact) mass is 585 g/mol. The van der Waals surface area contributed by atoms with Crippen molar-refractivity contribution in [1.29, 1.82) is 0 Å². The topological polar surface area (TPSA) is 91.6 Å². The molecule has 1 saturated carbocycles. The molecule has 1 saturated heterocycles. The van der Waals surface area contributed by atoms with E-state index in [-0.39, 0.29) is 47.2 Å². The molecule has 9 nitrogen and oxygen atoms in total. The fraction of sp³-hybridized carbons (Fsp3) is 0.516. The summed E-state index contributed by atoms with van der Waals surface area (Å²) in [4.78, 5) is 31.7. The molecule has 3 heterocycles. The normalized spacial score (nSPS) is 17.4. The number of halogens is 2. The number of Topliss-reactive ketones (excluding diaryl/α,β-unsaturated/α-hetero) is 1. The molecule has 1 aliphatic heterocycles. The molecule has 226 valence electrons. The van der Waals surface area contributed by atoms with Crippen LogP contribution in [0.3, 0.4) is 0 Å². The third-order valence-electron chi connectivity index (χ3n) is 7.39. The summed E-state index contributed by atoms with van der Waals surface area (Å²) in [6, 6.07) is 6.67. The Kier molecular flexibility index (Phi) is 8.56. The third-order valence-corrected chi connectivity index (χ3v) is 7.39. The van der Waals surface area contributed by atoms with Crippen molar-refractivity contribution in [3.8, 4) is 28.5 Å². The summed E-state index contributed by atoms with van der Waals surface area (Å²) in [6.45, 7) is 4.12. The van der Waals surface area contributed by atoms with Crippen molar-refractivity contribution in [1.82, 2.24) is 14.3 Å². The molecule has 0 radical (unpaired) electrons. The predicted octanol–water partition coefficient (Wildman–Crippen LogP) is 6.62. The molecular formula is C31H37F2N3O6. The second-order valence-electron chi connectivity index (χ2n) is 12.0. The van der Waals surface area contributed by atoms with Crippen LogP contribution >= 0.6 is 0 Å². The second-order valence-corrected chi connectivity index (χ2v) is 12.0. The summed E-state index contributed by atoms with van der Waals surface area (Å²) in [5.41, 5.74) is 1.19. The van der Waals surface area contributed by atoms with E-state index in [1.165, 1.54) is 13.2 Å². The fourth-order valence-corrected chi connectivity index (χ4v) is 5.22. The number of alkyl halides is 2. The Labute approximate surface area is 243 Å². The standard InChI is InChI=1S/C31H37F2N3O6/c1-31(2,3)42-30(38)35-10-5-6-20(17-35)18-40-22-9-11-36-23(16-34-27(36)15-22)21-13-25(39-4)28(24(37)12-19-7-8-19)26(14-21)41-29(32)33/h9,11,13-16,19-20,29H,5-8,10,12,17-18H2,1-4H3/t20-/m0/s1. The van der Waals surface area contributed by atoms with E-state index >= 15 is 0 Å². The number of rotatable bonds is 10. The van der Waals surface area contributed by atoms with Gasteiger partial charge in [-0.25, -0.2) is 9.78 Å². The number of methoxy groups -OCH3 is 1. The highest BCUT2D eigenvalue weighted by molar-refractivity contribution is 6.02. The largest absolute Gasteiger partial charge is 0.496 e. The van der Waals surface area contributed by atoms with E-state index < -0.39 is 12.2 Å². The van der Waals surface area contributed by atoms with E-state index in [4.69, 9.17) is 18.9 Å². The van der Waals surface area contributed by atoms with Gasteiger partial charge in [-0.2, -0.15) is 8.78 Å². The van der Waals surface area contributed by atoms with Crippen molar-refractivity contribution in [2.24, 2.45) is 11.8 Å². The minimum Gasteiger partial charge on any atom is -0.496 e. The van der Waals surface area contributed by atoms with Crippen molar-refractivity contribution in [2.75, 3.05) is 26.8 Å². The molecule has 0 spiro atoms. The van der Waals surface area contributed by atoms with Crippen LogP contribution in [0.1, 0.15) is 63.2 Å². The van der Waals surface area contributed by atoms with Gasteiger partial charge in [0.05, 0.1) is 25.6 Å². The molecular weight excluding hydrogens is 548 g/mol. The first-order valence-corrected chi connectivity index (χ1v) is 14.3. The van der Waals surface area contributed by atoms with E-state index in [2.05, 4.69) is 4.98 Å². The number of imidazole rings is 1. The van der Waals surface area contributed by atoms with E-state index in [1.807, 2.05) is 20.8 Å². The number of piperidine rings is 1. The predicted molar refractivity (Wildman–Crippen MR) is 152 cm³/mol. The lowest BCUT2D eigenvalue weighted by Crippen LogP contribution is -2.44. The van der Waals surface area contributed by atoms with Crippen LogP contribution in [0.5, 0.6) is 17.2 Å². The molecule has 1 amide bonds. The number of benzene rings is 1. The number of likely N-dealkylation sites (tertiary alicyclic amines) is 1. The van der Waals surface area contributed by atoms with Gasteiger partial charge in [0.25, 0.3) is 0 Å². The van der Waals surface area contributed by atoms with E-state index in [9.17, 15) is 18.4 Å². The number of carbonyl (C=O) groups excluding carboxylic acids is 2. The first kappa shape index (κ1) is 29.6. The highest BCUT2D eigenvalue weighted by atomic mass is 19.3. The first-order chi connectivity index (χ1) is 20.0. The number of hydrogen-bond acceptors (Lipinski definition) is 7. The number of fused-ring (bicyclic) bond motifs is 1. The number of ketones is 1. The van der Waals surface area contributed by atoms with Crippen LogP contribution in [0, 0.1) is 11.8 Å². The molecule has 2 fully saturated rings. The number of aromatic nitrogens is 2. The molecule has 1 aromatic carbocycles. The lowest BCUT2D eigenvalue weighted by atomic mass is 9.99. The van der Waals surface area contributed by atoms with E-state index in [0.717, 1.165) is 25.7 Å². The van der Waals surface area contributed by atoms with Gasteiger partial charge in [0.1, 0.15) is 34.1 Å². The summed E-state index contributed by atoms with van der Waals surface area (Å²) >= 11 is 0. The van der Waals surface area contributed by atoms with Crippen LogP contribution in [0.4, 0.5) is 13.6 Å². The van der Waals surface area contributed by atoms with Gasteiger partial charge in [-0.15, -0.1) is 0 Å². The molecule has 0 unspecified atom stereocenters. The number of hydrogen-bond donors (Lipinski definition) is 0. The van der Waals surface area contributed by atoms with Crippen LogP contribution in [-0.4, -0.2) is 65.2 Å². The number of amides is 1. The average Bonchev–Trinajstić information content (AvgIpc) is 3.65. The van der Waals surface area contributed by atoms with Gasteiger partial charge in [-0.3, -0.25) is 9.20 Å². The molecule has 5 rings (SSSR count). The number of pyridine rings is 1. The van der Waals surface area contributed by atoms with Gasteiger partial charge in [0, 0.05) is 43.3 Å². The van der Waals surface area contributed by atoms with Gasteiger partial charge < -0.3 is 23.8 Å². The van der Waals surface area contributed by atoms with E-state index in [1.54, 1.807) is 39.9 Å². The summed E-state index contributed by atoms with van der Waals surface area (Å²) in [5, 5.41) is 0. The van der Waals surface area contributed by atoms with Crippen molar-refractivity contribution in [2.45, 2.75) is 65.1 Å². The van der Waals surface area contributed by atoms with Crippen LogP contribution in [0.2, 0.25) is 0 Å². The van der Waals surface area contributed by atoms with E-state index in [0.29, 0.717) is 42.4 Å². The molecule has 11 heteroatoms. The van der Waals surface area contributed by atoms with Crippen LogP contribution in [-0.2, 0) is 4.74 Å². The van der Waals surface area contributed by atoms with Crippen molar-refractivity contribution in [3.63, 3.8) is 0 Å².